The maximum Gasteiger partial charge on any atom is 0.00774 e. The van der Waals surface area contributed by atoms with Crippen LogP contribution in [0.1, 0.15) is 53.8 Å². The molecule has 1 heterocycles. The molecule has 1 aromatic rings. The van der Waals surface area contributed by atoms with Crippen molar-refractivity contribution >= 4 is 11.3 Å². The Morgan fingerprint density at radius 2 is 1.94 bits per heavy atom. The average molecular weight is 251 g/mol. The number of aryl methyl sites for hydroxylation is 3. The van der Waals surface area contributed by atoms with Gasteiger partial charge in [-0.05, 0) is 69.5 Å². The van der Waals surface area contributed by atoms with Gasteiger partial charge in [-0.1, -0.05) is 12.8 Å². The van der Waals surface area contributed by atoms with E-state index in [0.29, 0.717) is 5.41 Å². The van der Waals surface area contributed by atoms with Crippen molar-refractivity contribution in [2.24, 2.45) is 11.1 Å². The normalized spacial score (nSPS) is 18.8. The van der Waals surface area contributed by atoms with Gasteiger partial charge in [0.2, 0.25) is 0 Å². The van der Waals surface area contributed by atoms with E-state index >= 15 is 0 Å². The van der Waals surface area contributed by atoms with Crippen molar-refractivity contribution in [2.75, 3.05) is 6.54 Å². The van der Waals surface area contributed by atoms with Gasteiger partial charge in [-0.3, -0.25) is 0 Å². The maximum absolute atomic E-state index is 5.80. The van der Waals surface area contributed by atoms with Gasteiger partial charge in [0.1, 0.15) is 0 Å². The summed E-state index contributed by atoms with van der Waals surface area (Å²) in [6.45, 7) is 5.33. The third-order valence-corrected chi connectivity index (χ3v) is 5.58. The Balaban J connectivity index is 1.98. The first-order chi connectivity index (χ1) is 8.15. The van der Waals surface area contributed by atoms with Crippen LogP contribution in [-0.4, -0.2) is 6.54 Å². The van der Waals surface area contributed by atoms with Crippen LogP contribution in [0.15, 0.2) is 6.07 Å². The van der Waals surface area contributed by atoms with Crippen LogP contribution in [0, 0.1) is 19.3 Å². The standard InChI is InChI=1S/C15H25NS/c1-12-11-13(2)17-14(12)5-8-15(9-10-16)6-3-4-7-15/h11H,3-10,16H2,1-2H3. The lowest BCUT2D eigenvalue weighted by molar-refractivity contribution is 0.253. The molecule has 17 heavy (non-hydrogen) atoms. The van der Waals surface area contributed by atoms with E-state index in [0.717, 1.165) is 6.54 Å². The Hall–Kier alpha value is -0.340. The zero-order valence-electron chi connectivity index (χ0n) is 11.2. The first-order valence-electron chi connectivity index (χ1n) is 6.91. The number of hydrogen-bond donors (Lipinski definition) is 1. The molecule has 1 aliphatic carbocycles. The SMILES string of the molecule is Cc1cc(C)c(CCC2(CCN)CCCC2)s1. The van der Waals surface area contributed by atoms with Crippen LogP contribution in [0.3, 0.4) is 0 Å². The summed E-state index contributed by atoms with van der Waals surface area (Å²) in [5, 5.41) is 0. The van der Waals surface area contributed by atoms with Crippen LogP contribution in [0.25, 0.3) is 0 Å². The van der Waals surface area contributed by atoms with E-state index in [9.17, 15) is 0 Å². The first-order valence-corrected chi connectivity index (χ1v) is 7.73. The number of rotatable bonds is 5. The summed E-state index contributed by atoms with van der Waals surface area (Å²) in [6, 6.07) is 2.32. The molecular weight excluding hydrogens is 226 g/mol. The maximum atomic E-state index is 5.80. The van der Waals surface area contributed by atoms with E-state index in [-0.39, 0.29) is 0 Å². The van der Waals surface area contributed by atoms with Crippen LogP contribution >= 0.6 is 11.3 Å². The minimum Gasteiger partial charge on any atom is -0.330 e. The van der Waals surface area contributed by atoms with Gasteiger partial charge in [-0.2, -0.15) is 0 Å². The summed E-state index contributed by atoms with van der Waals surface area (Å²) in [5.41, 5.74) is 7.88. The lowest BCUT2D eigenvalue weighted by Crippen LogP contribution is -2.21. The van der Waals surface area contributed by atoms with Gasteiger partial charge in [0.25, 0.3) is 0 Å². The van der Waals surface area contributed by atoms with Crippen molar-refractivity contribution in [2.45, 2.75) is 58.8 Å². The lowest BCUT2D eigenvalue weighted by Gasteiger charge is -2.28. The van der Waals surface area contributed by atoms with Gasteiger partial charge in [0.15, 0.2) is 0 Å². The fourth-order valence-corrected chi connectivity index (χ4v) is 4.42. The molecule has 0 radical (unpaired) electrons. The Morgan fingerprint density at radius 1 is 1.24 bits per heavy atom. The largest absolute Gasteiger partial charge is 0.330 e. The highest BCUT2D eigenvalue weighted by atomic mass is 32.1. The van der Waals surface area contributed by atoms with Gasteiger partial charge >= 0.3 is 0 Å². The van der Waals surface area contributed by atoms with E-state index in [1.165, 1.54) is 55.4 Å². The van der Waals surface area contributed by atoms with Crippen molar-refractivity contribution in [3.8, 4) is 0 Å². The molecule has 0 saturated heterocycles. The van der Waals surface area contributed by atoms with Crippen LogP contribution in [0.5, 0.6) is 0 Å². The van der Waals surface area contributed by atoms with E-state index in [4.69, 9.17) is 5.73 Å². The molecule has 1 aromatic heterocycles. The molecule has 0 atom stereocenters. The topological polar surface area (TPSA) is 26.0 Å². The molecule has 0 spiro atoms. The molecule has 0 aromatic carbocycles. The number of hydrogen-bond acceptors (Lipinski definition) is 2. The molecule has 1 nitrogen and oxygen atoms in total. The molecule has 2 rings (SSSR count). The van der Waals surface area contributed by atoms with Crippen molar-refractivity contribution in [1.82, 2.24) is 0 Å². The molecule has 1 fully saturated rings. The quantitative estimate of drug-likeness (QED) is 0.833. The van der Waals surface area contributed by atoms with Crippen molar-refractivity contribution in [1.29, 1.82) is 0 Å². The minimum absolute atomic E-state index is 0.582. The highest BCUT2D eigenvalue weighted by molar-refractivity contribution is 7.12. The zero-order chi connectivity index (χ0) is 12.3. The van der Waals surface area contributed by atoms with Crippen molar-refractivity contribution < 1.29 is 0 Å². The smallest absolute Gasteiger partial charge is 0.00774 e. The second-order valence-corrected chi connectivity index (χ2v) is 7.05. The number of thiophene rings is 1. The van der Waals surface area contributed by atoms with Gasteiger partial charge in [0, 0.05) is 9.75 Å². The summed E-state index contributed by atoms with van der Waals surface area (Å²) >= 11 is 1.98. The fourth-order valence-electron chi connectivity index (χ4n) is 3.37. The highest BCUT2D eigenvalue weighted by Gasteiger charge is 2.32. The first kappa shape index (κ1) is 13.1. The fraction of sp³-hybridized carbons (Fsp3) is 0.733. The summed E-state index contributed by atoms with van der Waals surface area (Å²) in [6.07, 6.45) is 9.51. The van der Waals surface area contributed by atoms with Gasteiger partial charge in [0.05, 0.1) is 0 Å². The summed E-state index contributed by atoms with van der Waals surface area (Å²) in [7, 11) is 0. The summed E-state index contributed by atoms with van der Waals surface area (Å²) < 4.78 is 0. The predicted octanol–water partition coefficient (Wildman–Crippen LogP) is 4.21. The predicted molar refractivity (Wildman–Crippen MR) is 76.7 cm³/mol. The lowest BCUT2D eigenvalue weighted by atomic mass is 9.78. The summed E-state index contributed by atoms with van der Waals surface area (Å²) in [5.74, 6) is 0. The Morgan fingerprint density at radius 3 is 2.47 bits per heavy atom. The van der Waals surface area contributed by atoms with Crippen LogP contribution in [-0.2, 0) is 6.42 Å². The Bertz CT molecular complexity index is 361. The van der Waals surface area contributed by atoms with Crippen molar-refractivity contribution in [3.05, 3.63) is 21.4 Å². The third kappa shape index (κ3) is 3.11. The molecule has 1 saturated carbocycles. The number of nitrogens with two attached hydrogens (primary N) is 1. The van der Waals surface area contributed by atoms with Gasteiger partial charge < -0.3 is 5.73 Å². The van der Waals surface area contributed by atoms with E-state index in [1.807, 2.05) is 11.3 Å². The van der Waals surface area contributed by atoms with Gasteiger partial charge in [-0.15, -0.1) is 11.3 Å². The van der Waals surface area contributed by atoms with Crippen LogP contribution in [0.4, 0.5) is 0 Å². The molecule has 0 unspecified atom stereocenters. The third-order valence-electron chi connectivity index (χ3n) is 4.37. The molecule has 96 valence electrons. The highest BCUT2D eigenvalue weighted by Crippen LogP contribution is 2.44. The summed E-state index contributed by atoms with van der Waals surface area (Å²) in [4.78, 5) is 3.06. The zero-order valence-corrected chi connectivity index (χ0v) is 12.0. The van der Waals surface area contributed by atoms with Crippen LogP contribution in [0.2, 0.25) is 0 Å². The van der Waals surface area contributed by atoms with Crippen molar-refractivity contribution in [3.63, 3.8) is 0 Å². The molecule has 0 amide bonds. The van der Waals surface area contributed by atoms with E-state index < -0.39 is 0 Å². The monoisotopic (exact) mass is 251 g/mol. The molecule has 2 N–H and O–H groups in total. The second-order valence-electron chi connectivity index (χ2n) is 5.71. The molecule has 2 heteroatoms. The van der Waals surface area contributed by atoms with E-state index in [2.05, 4.69) is 19.9 Å². The van der Waals surface area contributed by atoms with E-state index in [1.54, 1.807) is 4.88 Å². The Labute approximate surface area is 109 Å². The van der Waals surface area contributed by atoms with Gasteiger partial charge in [-0.25, -0.2) is 0 Å². The second kappa shape index (κ2) is 5.53. The molecule has 0 aliphatic heterocycles. The molecule has 0 bridgehead atoms. The minimum atomic E-state index is 0.582. The van der Waals surface area contributed by atoms with Crippen LogP contribution < -0.4 is 5.73 Å². The molecule has 1 aliphatic rings. The Kier molecular flexibility index (Phi) is 4.26. The average Bonchev–Trinajstić information content (AvgIpc) is 2.84. The molecular formula is C15H25NS.